The monoisotopic (exact) mass is 325 g/mol. The molecule has 1 aromatic carbocycles. The average Bonchev–Trinajstić information content (AvgIpc) is 2.41. The molecule has 1 aliphatic carbocycles. The molecule has 0 radical (unpaired) electrons. The number of rotatable bonds is 3. The molecule has 102 valence electrons. The summed E-state index contributed by atoms with van der Waals surface area (Å²) in [4.78, 5) is 0. The first-order chi connectivity index (χ1) is 9.13. The molecule has 19 heavy (non-hydrogen) atoms. The van der Waals surface area contributed by atoms with E-state index in [4.69, 9.17) is 4.74 Å². The van der Waals surface area contributed by atoms with Crippen molar-refractivity contribution < 1.29 is 9.13 Å². The summed E-state index contributed by atoms with van der Waals surface area (Å²) in [6.45, 7) is 2.17. The average molecular weight is 326 g/mol. The Kier molecular flexibility index (Phi) is 4.81. The summed E-state index contributed by atoms with van der Waals surface area (Å²) in [6, 6.07) is 6.71. The summed E-state index contributed by atoms with van der Waals surface area (Å²) in [5, 5.41) is 9.21. The van der Waals surface area contributed by atoms with E-state index in [1.54, 1.807) is 6.07 Å². The SMILES string of the molecule is CCC1CCC(C#N)C(Oc2ccc(F)cc2Br)C1. The van der Waals surface area contributed by atoms with Crippen molar-refractivity contribution in [2.24, 2.45) is 11.8 Å². The van der Waals surface area contributed by atoms with Gasteiger partial charge in [-0.25, -0.2) is 4.39 Å². The van der Waals surface area contributed by atoms with Gasteiger partial charge in [0, 0.05) is 0 Å². The van der Waals surface area contributed by atoms with Gasteiger partial charge >= 0.3 is 0 Å². The lowest BCUT2D eigenvalue weighted by Gasteiger charge is -2.32. The molecule has 0 aliphatic heterocycles. The summed E-state index contributed by atoms with van der Waals surface area (Å²) < 4.78 is 19.6. The zero-order valence-electron chi connectivity index (χ0n) is 10.9. The van der Waals surface area contributed by atoms with Crippen LogP contribution < -0.4 is 4.74 Å². The number of nitriles is 1. The van der Waals surface area contributed by atoms with E-state index in [1.165, 1.54) is 12.1 Å². The summed E-state index contributed by atoms with van der Waals surface area (Å²) in [6.07, 6.45) is 3.91. The Hall–Kier alpha value is -1.08. The van der Waals surface area contributed by atoms with Crippen LogP contribution in [0.15, 0.2) is 22.7 Å². The van der Waals surface area contributed by atoms with Crippen LogP contribution in [0.4, 0.5) is 4.39 Å². The fourth-order valence-electron chi connectivity index (χ4n) is 2.59. The summed E-state index contributed by atoms with van der Waals surface area (Å²) in [5.74, 6) is 0.864. The Morgan fingerprint density at radius 1 is 1.47 bits per heavy atom. The molecular weight excluding hydrogens is 309 g/mol. The second-order valence-corrected chi connectivity index (χ2v) is 5.91. The molecule has 0 bridgehead atoms. The molecule has 1 fully saturated rings. The molecule has 3 unspecified atom stereocenters. The van der Waals surface area contributed by atoms with Gasteiger partial charge in [0.15, 0.2) is 0 Å². The summed E-state index contributed by atoms with van der Waals surface area (Å²) in [7, 11) is 0. The third kappa shape index (κ3) is 3.48. The van der Waals surface area contributed by atoms with Crippen molar-refractivity contribution in [1.29, 1.82) is 5.26 Å². The highest BCUT2D eigenvalue weighted by Crippen LogP contribution is 2.35. The fourth-order valence-corrected chi connectivity index (χ4v) is 3.04. The van der Waals surface area contributed by atoms with Crippen molar-refractivity contribution in [1.82, 2.24) is 0 Å². The van der Waals surface area contributed by atoms with Gasteiger partial charge in [-0.15, -0.1) is 0 Å². The Morgan fingerprint density at radius 3 is 2.89 bits per heavy atom. The van der Waals surface area contributed by atoms with Crippen LogP contribution in [0.3, 0.4) is 0 Å². The highest BCUT2D eigenvalue weighted by Gasteiger charge is 2.31. The largest absolute Gasteiger partial charge is 0.488 e. The van der Waals surface area contributed by atoms with Crippen molar-refractivity contribution in [3.05, 3.63) is 28.5 Å². The fraction of sp³-hybridized carbons (Fsp3) is 0.533. The van der Waals surface area contributed by atoms with Crippen LogP contribution in [0.2, 0.25) is 0 Å². The molecule has 0 heterocycles. The maximum absolute atomic E-state index is 13.0. The van der Waals surface area contributed by atoms with Crippen LogP contribution >= 0.6 is 15.9 Å². The van der Waals surface area contributed by atoms with Crippen molar-refractivity contribution in [2.75, 3.05) is 0 Å². The van der Waals surface area contributed by atoms with Crippen LogP contribution in [0, 0.1) is 29.0 Å². The van der Waals surface area contributed by atoms with E-state index in [0.717, 1.165) is 25.7 Å². The first kappa shape index (κ1) is 14.3. The molecule has 0 aromatic heterocycles. The molecular formula is C15H17BrFNO. The Balaban J connectivity index is 2.12. The molecule has 1 aliphatic rings. The van der Waals surface area contributed by atoms with E-state index in [-0.39, 0.29) is 17.8 Å². The highest BCUT2D eigenvalue weighted by atomic mass is 79.9. The molecule has 0 saturated heterocycles. The second kappa shape index (κ2) is 6.38. The molecule has 0 spiro atoms. The normalized spacial score (nSPS) is 26.7. The van der Waals surface area contributed by atoms with Gasteiger partial charge in [0.05, 0.1) is 16.5 Å². The lowest BCUT2D eigenvalue weighted by Crippen LogP contribution is -2.33. The lowest BCUT2D eigenvalue weighted by molar-refractivity contribution is 0.0885. The Morgan fingerprint density at radius 2 is 2.26 bits per heavy atom. The molecule has 1 saturated carbocycles. The van der Waals surface area contributed by atoms with Crippen molar-refractivity contribution in [3.8, 4) is 11.8 Å². The highest BCUT2D eigenvalue weighted by molar-refractivity contribution is 9.10. The Labute approximate surface area is 121 Å². The minimum Gasteiger partial charge on any atom is -0.488 e. The van der Waals surface area contributed by atoms with Gasteiger partial charge in [-0.1, -0.05) is 13.3 Å². The zero-order valence-corrected chi connectivity index (χ0v) is 12.5. The molecule has 2 nitrogen and oxygen atoms in total. The smallest absolute Gasteiger partial charge is 0.134 e. The van der Waals surface area contributed by atoms with Crippen LogP contribution in [0.5, 0.6) is 5.75 Å². The van der Waals surface area contributed by atoms with E-state index in [9.17, 15) is 9.65 Å². The van der Waals surface area contributed by atoms with Gasteiger partial charge in [0.2, 0.25) is 0 Å². The summed E-state index contributed by atoms with van der Waals surface area (Å²) in [5.41, 5.74) is 0. The molecule has 0 amide bonds. The second-order valence-electron chi connectivity index (χ2n) is 5.05. The third-order valence-electron chi connectivity index (χ3n) is 3.82. The number of benzene rings is 1. The zero-order chi connectivity index (χ0) is 13.8. The van der Waals surface area contributed by atoms with Crippen LogP contribution in [0.1, 0.15) is 32.6 Å². The summed E-state index contributed by atoms with van der Waals surface area (Å²) >= 11 is 3.30. The van der Waals surface area contributed by atoms with Crippen LogP contribution in [0.25, 0.3) is 0 Å². The predicted molar refractivity (Wildman–Crippen MR) is 75.3 cm³/mol. The van der Waals surface area contributed by atoms with Crippen molar-refractivity contribution >= 4 is 15.9 Å². The topological polar surface area (TPSA) is 33.0 Å². The lowest BCUT2D eigenvalue weighted by atomic mass is 9.79. The van der Waals surface area contributed by atoms with Gasteiger partial charge in [0.25, 0.3) is 0 Å². The van der Waals surface area contributed by atoms with Crippen molar-refractivity contribution in [2.45, 2.75) is 38.7 Å². The van der Waals surface area contributed by atoms with Gasteiger partial charge in [-0.2, -0.15) is 5.26 Å². The minimum atomic E-state index is -0.300. The number of halogens is 2. The number of hydrogen-bond acceptors (Lipinski definition) is 2. The number of nitrogens with zero attached hydrogens (tertiary/aromatic N) is 1. The van der Waals surface area contributed by atoms with Gasteiger partial charge in [-0.05, 0) is 59.3 Å². The van der Waals surface area contributed by atoms with Gasteiger partial charge in [-0.3, -0.25) is 0 Å². The van der Waals surface area contributed by atoms with Crippen molar-refractivity contribution in [3.63, 3.8) is 0 Å². The molecule has 0 N–H and O–H groups in total. The van der Waals surface area contributed by atoms with E-state index in [1.807, 2.05) is 0 Å². The van der Waals surface area contributed by atoms with Crippen LogP contribution in [-0.2, 0) is 0 Å². The Bertz CT molecular complexity index is 486. The number of hydrogen-bond donors (Lipinski definition) is 0. The molecule has 2 rings (SSSR count). The van der Waals surface area contributed by atoms with E-state index in [2.05, 4.69) is 28.9 Å². The van der Waals surface area contributed by atoms with Crippen LogP contribution in [-0.4, -0.2) is 6.10 Å². The first-order valence-corrected chi connectivity index (χ1v) is 7.44. The quantitative estimate of drug-likeness (QED) is 0.807. The van der Waals surface area contributed by atoms with Gasteiger partial charge in [0.1, 0.15) is 17.7 Å². The molecule has 3 atom stereocenters. The standard InChI is InChI=1S/C15H17BrFNO/c1-2-10-3-4-11(9-18)15(7-10)19-14-6-5-12(17)8-13(14)16/h5-6,8,10-11,15H,2-4,7H2,1H3. The maximum atomic E-state index is 13.0. The number of ether oxygens (including phenoxy) is 1. The third-order valence-corrected chi connectivity index (χ3v) is 4.44. The van der Waals surface area contributed by atoms with E-state index < -0.39 is 0 Å². The predicted octanol–water partition coefficient (Wildman–Crippen LogP) is 4.69. The minimum absolute atomic E-state index is 0.0697. The molecule has 1 aromatic rings. The first-order valence-electron chi connectivity index (χ1n) is 6.65. The van der Waals surface area contributed by atoms with E-state index in [0.29, 0.717) is 16.1 Å². The maximum Gasteiger partial charge on any atom is 0.134 e. The molecule has 4 heteroatoms. The van der Waals surface area contributed by atoms with Gasteiger partial charge < -0.3 is 4.74 Å². The van der Waals surface area contributed by atoms with E-state index >= 15 is 0 Å².